The van der Waals surface area contributed by atoms with Crippen LogP contribution in [0.1, 0.15) is 10.4 Å². The second-order valence-corrected chi connectivity index (χ2v) is 4.79. The van der Waals surface area contributed by atoms with Crippen LogP contribution in [0.4, 0.5) is 0 Å². The molecule has 1 heterocycles. The molecule has 1 aromatic carbocycles. The summed E-state index contributed by atoms with van der Waals surface area (Å²) in [6, 6.07) is 7.00. The van der Waals surface area contributed by atoms with Gasteiger partial charge in [-0.25, -0.2) is 0 Å². The van der Waals surface area contributed by atoms with E-state index in [1.165, 1.54) is 0 Å². The van der Waals surface area contributed by atoms with Crippen LogP contribution in [-0.4, -0.2) is 50.1 Å². The summed E-state index contributed by atoms with van der Waals surface area (Å²) in [5, 5.41) is 6.80. The molecular weight excluding hydrogens is 285 g/mol. The molecule has 2 rings (SSSR count). The van der Waals surface area contributed by atoms with Crippen molar-refractivity contribution in [2.75, 3.05) is 39.3 Å². The average molecular weight is 304 g/mol. The van der Waals surface area contributed by atoms with Gasteiger partial charge in [-0.1, -0.05) is 17.7 Å². The molecule has 1 saturated heterocycles. The number of carbonyl (C=O) groups excluding carboxylic acids is 1. The molecular formula is C13H19Cl2N3O. The summed E-state index contributed by atoms with van der Waals surface area (Å²) in [6.07, 6.45) is 0. The number of piperazine rings is 1. The Morgan fingerprint density at radius 3 is 2.79 bits per heavy atom. The van der Waals surface area contributed by atoms with Crippen molar-refractivity contribution < 1.29 is 4.79 Å². The van der Waals surface area contributed by atoms with E-state index in [-0.39, 0.29) is 18.3 Å². The van der Waals surface area contributed by atoms with Crippen molar-refractivity contribution in [3.8, 4) is 0 Å². The van der Waals surface area contributed by atoms with Crippen LogP contribution in [0.25, 0.3) is 0 Å². The van der Waals surface area contributed by atoms with Crippen LogP contribution in [-0.2, 0) is 0 Å². The first-order chi connectivity index (χ1) is 8.75. The van der Waals surface area contributed by atoms with Gasteiger partial charge in [0.05, 0.1) is 0 Å². The van der Waals surface area contributed by atoms with Gasteiger partial charge in [0, 0.05) is 49.9 Å². The number of nitrogens with zero attached hydrogens (tertiary/aromatic N) is 1. The molecule has 0 saturated carbocycles. The fraction of sp³-hybridized carbons (Fsp3) is 0.462. The fourth-order valence-corrected chi connectivity index (χ4v) is 2.18. The van der Waals surface area contributed by atoms with Gasteiger partial charge in [0.1, 0.15) is 0 Å². The first-order valence-corrected chi connectivity index (χ1v) is 6.60. The van der Waals surface area contributed by atoms with Crippen LogP contribution in [0, 0.1) is 0 Å². The zero-order chi connectivity index (χ0) is 12.8. The second kappa shape index (κ2) is 8.38. The van der Waals surface area contributed by atoms with E-state index in [1.807, 2.05) is 0 Å². The van der Waals surface area contributed by atoms with E-state index in [0.29, 0.717) is 17.1 Å². The van der Waals surface area contributed by atoms with Crippen LogP contribution < -0.4 is 10.6 Å². The summed E-state index contributed by atoms with van der Waals surface area (Å²) in [5.74, 6) is -0.0624. The molecule has 1 aliphatic rings. The second-order valence-electron chi connectivity index (χ2n) is 4.36. The topological polar surface area (TPSA) is 44.4 Å². The SMILES string of the molecule is Cl.O=C(NCCN1CCNCC1)c1cccc(Cl)c1. The third-order valence-corrected chi connectivity index (χ3v) is 3.25. The summed E-state index contributed by atoms with van der Waals surface area (Å²) in [5.41, 5.74) is 0.614. The van der Waals surface area contributed by atoms with Crippen molar-refractivity contribution in [1.82, 2.24) is 15.5 Å². The Hall–Kier alpha value is -0.810. The average Bonchev–Trinajstić information content (AvgIpc) is 2.40. The van der Waals surface area contributed by atoms with E-state index in [9.17, 15) is 4.79 Å². The van der Waals surface area contributed by atoms with E-state index in [4.69, 9.17) is 11.6 Å². The summed E-state index contributed by atoms with van der Waals surface area (Å²) in [6.45, 7) is 5.73. The normalized spacial score (nSPS) is 15.6. The molecule has 6 heteroatoms. The maximum Gasteiger partial charge on any atom is 0.251 e. The Balaban J connectivity index is 0.00000180. The number of rotatable bonds is 4. The van der Waals surface area contributed by atoms with Crippen LogP contribution >= 0.6 is 24.0 Å². The highest BCUT2D eigenvalue weighted by molar-refractivity contribution is 6.30. The van der Waals surface area contributed by atoms with E-state index < -0.39 is 0 Å². The Labute approximate surface area is 124 Å². The minimum absolute atomic E-state index is 0. The lowest BCUT2D eigenvalue weighted by atomic mass is 10.2. The zero-order valence-electron chi connectivity index (χ0n) is 10.7. The molecule has 0 unspecified atom stereocenters. The van der Waals surface area contributed by atoms with Gasteiger partial charge >= 0.3 is 0 Å². The molecule has 1 aromatic rings. The lowest BCUT2D eigenvalue weighted by Gasteiger charge is -2.27. The number of nitrogens with one attached hydrogen (secondary N) is 2. The van der Waals surface area contributed by atoms with Gasteiger partial charge in [-0.05, 0) is 18.2 Å². The molecule has 106 valence electrons. The number of hydrogen-bond acceptors (Lipinski definition) is 3. The Morgan fingerprint density at radius 2 is 2.11 bits per heavy atom. The van der Waals surface area contributed by atoms with E-state index in [2.05, 4.69) is 15.5 Å². The van der Waals surface area contributed by atoms with Gasteiger partial charge in [-0.3, -0.25) is 9.69 Å². The van der Waals surface area contributed by atoms with Gasteiger partial charge in [0.25, 0.3) is 5.91 Å². The van der Waals surface area contributed by atoms with Crippen molar-refractivity contribution in [3.63, 3.8) is 0 Å². The van der Waals surface area contributed by atoms with Gasteiger partial charge < -0.3 is 10.6 Å². The molecule has 0 atom stereocenters. The highest BCUT2D eigenvalue weighted by Crippen LogP contribution is 2.10. The molecule has 0 radical (unpaired) electrons. The number of hydrogen-bond donors (Lipinski definition) is 2. The minimum atomic E-state index is -0.0624. The molecule has 0 bridgehead atoms. The van der Waals surface area contributed by atoms with Gasteiger partial charge in [0.15, 0.2) is 0 Å². The van der Waals surface area contributed by atoms with Crippen LogP contribution in [0.2, 0.25) is 5.02 Å². The lowest BCUT2D eigenvalue weighted by molar-refractivity contribution is 0.0947. The van der Waals surface area contributed by atoms with Crippen molar-refractivity contribution in [2.45, 2.75) is 0 Å². The Kier molecular flexibility index (Phi) is 7.16. The predicted molar refractivity (Wildman–Crippen MR) is 80.3 cm³/mol. The third-order valence-electron chi connectivity index (χ3n) is 3.01. The van der Waals surface area contributed by atoms with Crippen LogP contribution in [0.3, 0.4) is 0 Å². The molecule has 4 nitrogen and oxygen atoms in total. The van der Waals surface area contributed by atoms with Crippen molar-refractivity contribution in [1.29, 1.82) is 0 Å². The van der Waals surface area contributed by atoms with Crippen LogP contribution in [0.5, 0.6) is 0 Å². The smallest absolute Gasteiger partial charge is 0.251 e. The van der Waals surface area contributed by atoms with Gasteiger partial charge in [-0.2, -0.15) is 0 Å². The fourth-order valence-electron chi connectivity index (χ4n) is 1.99. The predicted octanol–water partition coefficient (Wildman–Crippen LogP) is 1.40. The molecule has 0 spiro atoms. The first-order valence-electron chi connectivity index (χ1n) is 6.22. The Morgan fingerprint density at radius 1 is 1.37 bits per heavy atom. The summed E-state index contributed by atoms with van der Waals surface area (Å²) in [7, 11) is 0. The van der Waals surface area contributed by atoms with Gasteiger partial charge in [-0.15, -0.1) is 12.4 Å². The van der Waals surface area contributed by atoms with Crippen LogP contribution in [0.15, 0.2) is 24.3 Å². The Bertz CT molecular complexity index is 409. The number of carbonyl (C=O) groups is 1. The van der Waals surface area contributed by atoms with Gasteiger partial charge in [0.2, 0.25) is 0 Å². The van der Waals surface area contributed by atoms with E-state index in [1.54, 1.807) is 24.3 Å². The molecule has 0 aliphatic carbocycles. The lowest BCUT2D eigenvalue weighted by Crippen LogP contribution is -2.46. The highest BCUT2D eigenvalue weighted by atomic mass is 35.5. The minimum Gasteiger partial charge on any atom is -0.351 e. The maximum atomic E-state index is 11.8. The number of benzene rings is 1. The summed E-state index contributed by atoms with van der Waals surface area (Å²) < 4.78 is 0. The molecule has 1 aliphatic heterocycles. The monoisotopic (exact) mass is 303 g/mol. The molecule has 19 heavy (non-hydrogen) atoms. The van der Waals surface area contributed by atoms with Crippen molar-refractivity contribution in [3.05, 3.63) is 34.9 Å². The van der Waals surface area contributed by atoms with E-state index in [0.717, 1.165) is 32.7 Å². The van der Waals surface area contributed by atoms with Crippen molar-refractivity contribution >= 4 is 29.9 Å². The maximum absolute atomic E-state index is 11.8. The summed E-state index contributed by atoms with van der Waals surface area (Å²) >= 11 is 5.85. The quantitative estimate of drug-likeness (QED) is 0.884. The molecule has 1 amide bonds. The molecule has 2 N–H and O–H groups in total. The number of amides is 1. The largest absolute Gasteiger partial charge is 0.351 e. The summed E-state index contributed by atoms with van der Waals surface area (Å²) in [4.78, 5) is 14.2. The highest BCUT2D eigenvalue weighted by Gasteiger charge is 2.10. The first kappa shape index (κ1) is 16.2. The molecule has 1 fully saturated rings. The molecule has 0 aromatic heterocycles. The van der Waals surface area contributed by atoms with E-state index >= 15 is 0 Å². The third kappa shape index (κ3) is 5.37. The standard InChI is InChI=1S/C13H18ClN3O.ClH/c14-12-3-1-2-11(10-12)13(18)16-6-9-17-7-4-15-5-8-17;/h1-3,10,15H,4-9H2,(H,16,18);1H. The van der Waals surface area contributed by atoms with Crippen molar-refractivity contribution in [2.24, 2.45) is 0 Å². The number of halogens is 2. The zero-order valence-corrected chi connectivity index (χ0v) is 12.3.